The van der Waals surface area contributed by atoms with Crippen LogP contribution in [0.4, 0.5) is 17.1 Å². The molecule has 0 spiro atoms. The maximum absolute atomic E-state index is 6.08. The number of nitrogen functional groups attached to an aromatic ring is 1. The highest BCUT2D eigenvalue weighted by Crippen LogP contribution is 2.34. The Morgan fingerprint density at radius 2 is 1.90 bits per heavy atom. The van der Waals surface area contributed by atoms with Crippen LogP contribution in [0.1, 0.15) is 5.56 Å². The normalized spacial score (nSPS) is 10.7. The van der Waals surface area contributed by atoms with E-state index in [1.54, 1.807) is 6.20 Å². The maximum Gasteiger partial charge on any atom is 0.0746 e. The molecule has 3 aromatic rings. The average Bonchev–Trinajstić information content (AvgIpc) is 2.46. The van der Waals surface area contributed by atoms with Crippen molar-refractivity contribution < 1.29 is 0 Å². The zero-order chi connectivity index (χ0) is 14.1. The molecule has 0 radical (unpaired) electrons. The lowest BCUT2D eigenvalue weighted by Gasteiger charge is -2.14. The van der Waals surface area contributed by atoms with Crippen LogP contribution in [0, 0.1) is 6.92 Å². The Bertz CT molecular complexity index is 784. The van der Waals surface area contributed by atoms with Gasteiger partial charge in [0.25, 0.3) is 0 Å². The molecule has 3 nitrogen and oxygen atoms in total. The smallest absolute Gasteiger partial charge is 0.0746 e. The highest BCUT2D eigenvalue weighted by molar-refractivity contribution is 9.10. The second-order valence-electron chi connectivity index (χ2n) is 4.67. The van der Waals surface area contributed by atoms with Crippen LogP contribution >= 0.6 is 15.9 Å². The Morgan fingerprint density at radius 1 is 1.10 bits per heavy atom. The van der Waals surface area contributed by atoms with E-state index >= 15 is 0 Å². The number of nitrogens with one attached hydrogen (secondary N) is 1. The molecule has 3 N–H and O–H groups in total. The van der Waals surface area contributed by atoms with Crippen LogP contribution in [-0.2, 0) is 0 Å². The van der Waals surface area contributed by atoms with E-state index in [9.17, 15) is 0 Å². The third kappa shape index (κ3) is 2.23. The van der Waals surface area contributed by atoms with Gasteiger partial charge in [0, 0.05) is 9.86 Å². The van der Waals surface area contributed by atoms with Gasteiger partial charge in [-0.1, -0.05) is 30.3 Å². The summed E-state index contributed by atoms with van der Waals surface area (Å²) in [7, 11) is 0. The number of pyridine rings is 1. The molecule has 0 aliphatic heterocycles. The number of hydrogen-bond donors (Lipinski definition) is 2. The van der Waals surface area contributed by atoms with Gasteiger partial charge in [0.05, 0.1) is 28.8 Å². The van der Waals surface area contributed by atoms with E-state index < -0.39 is 0 Å². The first-order valence-electron chi connectivity index (χ1n) is 6.32. The molecule has 0 bridgehead atoms. The molecule has 20 heavy (non-hydrogen) atoms. The second-order valence-corrected chi connectivity index (χ2v) is 5.46. The molecule has 0 saturated heterocycles. The SMILES string of the molecule is Cc1cccc(Nc2c(N)cnc3ccccc23)c1Br. The van der Waals surface area contributed by atoms with Crippen LogP contribution in [0.5, 0.6) is 0 Å². The molecule has 2 aromatic carbocycles. The van der Waals surface area contributed by atoms with Crippen molar-refractivity contribution >= 4 is 43.9 Å². The predicted octanol–water partition coefficient (Wildman–Crippen LogP) is 4.63. The number of anilines is 3. The molecular formula is C16H14BrN3. The summed E-state index contributed by atoms with van der Waals surface area (Å²) in [5.41, 5.74) is 10.7. The van der Waals surface area contributed by atoms with Crippen molar-refractivity contribution in [1.29, 1.82) is 0 Å². The molecule has 0 aliphatic carbocycles. The van der Waals surface area contributed by atoms with E-state index in [1.807, 2.05) is 36.4 Å². The first-order chi connectivity index (χ1) is 9.66. The van der Waals surface area contributed by atoms with Gasteiger partial charge in [0.2, 0.25) is 0 Å². The van der Waals surface area contributed by atoms with Crippen molar-refractivity contribution in [3.8, 4) is 0 Å². The van der Waals surface area contributed by atoms with Crippen LogP contribution in [0.15, 0.2) is 53.1 Å². The topological polar surface area (TPSA) is 50.9 Å². The van der Waals surface area contributed by atoms with E-state index in [0.29, 0.717) is 5.69 Å². The lowest BCUT2D eigenvalue weighted by atomic mass is 10.1. The van der Waals surface area contributed by atoms with E-state index in [2.05, 4.69) is 39.2 Å². The van der Waals surface area contributed by atoms with Crippen LogP contribution in [-0.4, -0.2) is 4.98 Å². The molecule has 0 saturated carbocycles. The van der Waals surface area contributed by atoms with Gasteiger partial charge < -0.3 is 11.1 Å². The standard InChI is InChI=1S/C16H14BrN3/c1-10-5-4-8-14(15(10)17)20-16-11-6-2-3-7-13(11)19-9-12(16)18/h2-9H,18H2,1H3,(H,19,20). The number of benzene rings is 2. The van der Waals surface area contributed by atoms with Crippen molar-refractivity contribution in [3.63, 3.8) is 0 Å². The summed E-state index contributed by atoms with van der Waals surface area (Å²) >= 11 is 3.61. The molecular weight excluding hydrogens is 314 g/mol. The van der Waals surface area contributed by atoms with Gasteiger partial charge in [-0.3, -0.25) is 4.98 Å². The van der Waals surface area contributed by atoms with Gasteiger partial charge in [0.15, 0.2) is 0 Å². The summed E-state index contributed by atoms with van der Waals surface area (Å²) in [5, 5.41) is 4.43. The highest BCUT2D eigenvalue weighted by atomic mass is 79.9. The number of nitrogens with two attached hydrogens (primary N) is 1. The van der Waals surface area contributed by atoms with Gasteiger partial charge in [-0.05, 0) is 40.5 Å². The quantitative estimate of drug-likeness (QED) is 0.721. The van der Waals surface area contributed by atoms with Crippen molar-refractivity contribution in [2.24, 2.45) is 0 Å². The monoisotopic (exact) mass is 327 g/mol. The number of nitrogens with zero attached hydrogens (tertiary/aromatic N) is 1. The predicted molar refractivity (Wildman–Crippen MR) is 88.3 cm³/mol. The number of fused-ring (bicyclic) bond motifs is 1. The molecule has 1 heterocycles. The fraction of sp³-hybridized carbons (Fsp3) is 0.0625. The Morgan fingerprint density at radius 3 is 2.75 bits per heavy atom. The van der Waals surface area contributed by atoms with E-state index in [-0.39, 0.29) is 0 Å². The van der Waals surface area contributed by atoms with Gasteiger partial charge in [-0.2, -0.15) is 0 Å². The summed E-state index contributed by atoms with van der Waals surface area (Å²) in [5.74, 6) is 0. The van der Waals surface area contributed by atoms with E-state index in [4.69, 9.17) is 5.73 Å². The zero-order valence-electron chi connectivity index (χ0n) is 11.0. The van der Waals surface area contributed by atoms with Crippen LogP contribution in [0.2, 0.25) is 0 Å². The fourth-order valence-electron chi connectivity index (χ4n) is 2.17. The molecule has 0 unspecified atom stereocenters. The second kappa shape index (κ2) is 5.13. The number of aryl methyl sites for hydroxylation is 1. The maximum atomic E-state index is 6.08. The van der Waals surface area contributed by atoms with Gasteiger partial charge in [-0.25, -0.2) is 0 Å². The largest absolute Gasteiger partial charge is 0.396 e. The average molecular weight is 328 g/mol. The first-order valence-corrected chi connectivity index (χ1v) is 7.11. The lowest BCUT2D eigenvalue weighted by Crippen LogP contribution is -1.99. The van der Waals surface area contributed by atoms with Crippen molar-refractivity contribution in [1.82, 2.24) is 4.98 Å². The van der Waals surface area contributed by atoms with Gasteiger partial charge >= 0.3 is 0 Å². The molecule has 3 rings (SSSR count). The number of rotatable bonds is 2. The summed E-state index contributed by atoms with van der Waals surface area (Å²) in [6.07, 6.45) is 1.69. The van der Waals surface area contributed by atoms with Gasteiger partial charge in [-0.15, -0.1) is 0 Å². The first kappa shape index (κ1) is 12.9. The van der Waals surface area contributed by atoms with Crippen molar-refractivity contribution in [2.75, 3.05) is 11.1 Å². The Hall–Kier alpha value is -2.07. The Labute approximate surface area is 126 Å². The summed E-state index contributed by atoms with van der Waals surface area (Å²) in [4.78, 5) is 4.35. The molecule has 100 valence electrons. The minimum Gasteiger partial charge on any atom is -0.396 e. The molecule has 0 atom stereocenters. The minimum absolute atomic E-state index is 0.636. The fourth-order valence-corrected chi connectivity index (χ4v) is 2.54. The summed E-state index contributed by atoms with van der Waals surface area (Å²) < 4.78 is 1.04. The van der Waals surface area contributed by atoms with Crippen molar-refractivity contribution in [3.05, 3.63) is 58.7 Å². The number of para-hydroxylation sites is 1. The molecule has 0 fully saturated rings. The molecule has 0 amide bonds. The number of aromatic nitrogens is 1. The van der Waals surface area contributed by atoms with Crippen LogP contribution in [0.3, 0.4) is 0 Å². The number of hydrogen-bond acceptors (Lipinski definition) is 3. The lowest BCUT2D eigenvalue weighted by molar-refractivity contribution is 1.39. The third-order valence-electron chi connectivity index (χ3n) is 3.26. The van der Waals surface area contributed by atoms with Gasteiger partial charge in [0.1, 0.15) is 0 Å². The van der Waals surface area contributed by atoms with Crippen molar-refractivity contribution in [2.45, 2.75) is 6.92 Å². The highest BCUT2D eigenvalue weighted by Gasteiger charge is 2.09. The van der Waals surface area contributed by atoms with E-state index in [1.165, 1.54) is 5.56 Å². The summed E-state index contributed by atoms with van der Waals surface area (Å²) in [6.45, 7) is 2.06. The Balaban J connectivity index is 2.15. The molecule has 4 heteroatoms. The Kier molecular flexibility index (Phi) is 3.32. The molecule has 0 aliphatic rings. The number of halogens is 1. The van der Waals surface area contributed by atoms with Crippen LogP contribution < -0.4 is 11.1 Å². The molecule has 1 aromatic heterocycles. The third-order valence-corrected chi connectivity index (χ3v) is 4.31. The zero-order valence-corrected chi connectivity index (χ0v) is 12.6. The van der Waals surface area contributed by atoms with E-state index in [0.717, 1.165) is 26.8 Å². The summed E-state index contributed by atoms with van der Waals surface area (Å²) in [6, 6.07) is 14.0. The van der Waals surface area contributed by atoms with Crippen LogP contribution in [0.25, 0.3) is 10.9 Å². The minimum atomic E-state index is 0.636.